The lowest BCUT2D eigenvalue weighted by atomic mass is 10.1. The summed E-state index contributed by atoms with van der Waals surface area (Å²) < 4.78 is 5.58. The van der Waals surface area contributed by atoms with E-state index in [-0.39, 0.29) is 18.4 Å². The van der Waals surface area contributed by atoms with Crippen molar-refractivity contribution in [3.8, 4) is 5.75 Å². The minimum Gasteiger partial charge on any atom is -0.484 e. The van der Waals surface area contributed by atoms with Crippen LogP contribution in [0.4, 0.5) is 5.69 Å². The van der Waals surface area contributed by atoms with Gasteiger partial charge in [-0.15, -0.1) is 0 Å². The molecule has 0 aliphatic heterocycles. The number of ether oxygens (including phenoxy) is 1. The standard InChI is InChI=1S/C25H26N2O3/c1-3-19-11-7-14-23(15-19)30-18-24(28)26-22-13-8-12-21(16-22)25(29)27(2)17-20-9-5-4-6-10-20/h4-16H,3,17-18H2,1-2H3,(H,26,28). The molecule has 5 heteroatoms. The second-order valence-corrected chi connectivity index (χ2v) is 7.07. The van der Waals surface area contributed by atoms with Gasteiger partial charge < -0.3 is 15.0 Å². The lowest BCUT2D eigenvalue weighted by molar-refractivity contribution is -0.118. The van der Waals surface area contributed by atoms with E-state index in [1.54, 1.807) is 36.2 Å². The minimum atomic E-state index is -0.279. The molecule has 0 saturated heterocycles. The highest BCUT2D eigenvalue weighted by atomic mass is 16.5. The lowest BCUT2D eigenvalue weighted by Gasteiger charge is -2.18. The van der Waals surface area contributed by atoms with Crippen molar-refractivity contribution >= 4 is 17.5 Å². The topological polar surface area (TPSA) is 58.6 Å². The highest BCUT2D eigenvalue weighted by Gasteiger charge is 2.13. The second-order valence-electron chi connectivity index (χ2n) is 7.07. The Labute approximate surface area is 177 Å². The maximum absolute atomic E-state index is 12.7. The highest BCUT2D eigenvalue weighted by Crippen LogP contribution is 2.16. The van der Waals surface area contributed by atoms with Gasteiger partial charge in [0.15, 0.2) is 6.61 Å². The molecule has 0 spiro atoms. The molecule has 0 saturated carbocycles. The first kappa shape index (κ1) is 21.1. The third-order valence-corrected chi connectivity index (χ3v) is 4.68. The van der Waals surface area contributed by atoms with Crippen LogP contribution in [0.25, 0.3) is 0 Å². The van der Waals surface area contributed by atoms with Crippen molar-refractivity contribution in [3.05, 3.63) is 95.6 Å². The summed E-state index contributed by atoms with van der Waals surface area (Å²) in [7, 11) is 1.76. The number of hydrogen-bond acceptors (Lipinski definition) is 3. The molecular weight excluding hydrogens is 376 g/mol. The van der Waals surface area contributed by atoms with E-state index in [0.29, 0.717) is 23.5 Å². The number of benzene rings is 3. The number of aryl methyl sites for hydroxylation is 1. The normalized spacial score (nSPS) is 10.3. The van der Waals surface area contributed by atoms with E-state index in [1.165, 1.54) is 0 Å². The Hall–Kier alpha value is -3.60. The van der Waals surface area contributed by atoms with Crippen molar-refractivity contribution in [3.63, 3.8) is 0 Å². The summed E-state index contributed by atoms with van der Waals surface area (Å²) in [5.41, 5.74) is 3.29. The number of rotatable bonds is 8. The third-order valence-electron chi connectivity index (χ3n) is 4.68. The molecule has 0 unspecified atom stereocenters. The lowest BCUT2D eigenvalue weighted by Crippen LogP contribution is -2.26. The predicted octanol–water partition coefficient (Wildman–Crippen LogP) is 4.54. The maximum atomic E-state index is 12.7. The number of nitrogens with zero attached hydrogens (tertiary/aromatic N) is 1. The van der Waals surface area contributed by atoms with Crippen molar-refractivity contribution in [2.24, 2.45) is 0 Å². The van der Waals surface area contributed by atoms with Gasteiger partial charge in [0.05, 0.1) is 0 Å². The van der Waals surface area contributed by atoms with Crippen molar-refractivity contribution in [1.82, 2.24) is 4.90 Å². The van der Waals surface area contributed by atoms with Gasteiger partial charge in [-0.05, 0) is 47.9 Å². The summed E-state index contributed by atoms with van der Waals surface area (Å²) in [6.07, 6.45) is 0.906. The predicted molar refractivity (Wildman–Crippen MR) is 119 cm³/mol. The first-order valence-electron chi connectivity index (χ1n) is 9.96. The van der Waals surface area contributed by atoms with Gasteiger partial charge in [-0.25, -0.2) is 0 Å². The number of carbonyl (C=O) groups excluding carboxylic acids is 2. The maximum Gasteiger partial charge on any atom is 0.262 e. The van der Waals surface area contributed by atoms with E-state index in [4.69, 9.17) is 4.74 Å². The van der Waals surface area contributed by atoms with Crippen LogP contribution in [-0.2, 0) is 17.8 Å². The van der Waals surface area contributed by atoms with E-state index in [9.17, 15) is 9.59 Å². The third kappa shape index (κ3) is 5.95. The first-order valence-corrected chi connectivity index (χ1v) is 9.96. The molecule has 0 aliphatic carbocycles. The van der Waals surface area contributed by atoms with E-state index in [2.05, 4.69) is 12.2 Å². The van der Waals surface area contributed by atoms with E-state index >= 15 is 0 Å². The Bertz CT molecular complexity index is 1000. The van der Waals surface area contributed by atoms with Crippen LogP contribution in [0.2, 0.25) is 0 Å². The van der Waals surface area contributed by atoms with Crippen LogP contribution in [0.3, 0.4) is 0 Å². The number of anilines is 1. The monoisotopic (exact) mass is 402 g/mol. The van der Waals surface area contributed by atoms with Gasteiger partial charge in [0.25, 0.3) is 11.8 Å². The summed E-state index contributed by atoms with van der Waals surface area (Å²) in [4.78, 5) is 26.7. The van der Waals surface area contributed by atoms with Crippen molar-refractivity contribution in [2.75, 3.05) is 19.0 Å². The Balaban J connectivity index is 1.57. The van der Waals surface area contributed by atoms with Gasteiger partial charge in [-0.1, -0.05) is 55.5 Å². The zero-order chi connectivity index (χ0) is 21.3. The summed E-state index contributed by atoms with van der Waals surface area (Å²) in [5, 5.41) is 2.79. The molecule has 2 amide bonds. The summed E-state index contributed by atoms with van der Waals surface area (Å²) >= 11 is 0. The molecule has 3 aromatic rings. The molecule has 0 aliphatic rings. The molecule has 3 aromatic carbocycles. The Morgan fingerprint density at radius 2 is 1.63 bits per heavy atom. The molecule has 0 bridgehead atoms. The fourth-order valence-electron chi connectivity index (χ4n) is 3.08. The average Bonchev–Trinajstić information content (AvgIpc) is 2.78. The zero-order valence-corrected chi connectivity index (χ0v) is 17.3. The average molecular weight is 402 g/mol. The van der Waals surface area contributed by atoms with Gasteiger partial charge in [0.2, 0.25) is 0 Å². The van der Waals surface area contributed by atoms with Crippen LogP contribution in [0, 0.1) is 0 Å². The van der Waals surface area contributed by atoms with Crippen LogP contribution < -0.4 is 10.1 Å². The Morgan fingerprint density at radius 1 is 0.900 bits per heavy atom. The van der Waals surface area contributed by atoms with E-state index in [1.807, 2.05) is 54.6 Å². The largest absolute Gasteiger partial charge is 0.484 e. The molecule has 0 fully saturated rings. The molecule has 0 atom stereocenters. The SMILES string of the molecule is CCc1cccc(OCC(=O)Nc2cccc(C(=O)N(C)Cc3ccccc3)c2)c1. The van der Waals surface area contributed by atoms with Crippen LogP contribution >= 0.6 is 0 Å². The van der Waals surface area contributed by atoms with E-state index in [0.717, 1.165) is 17.5 Å². The van der Waals surface area contributed by atoms with Crippen LogP contribution in [-0.4, -0.2) is 30.4 Å². The Kier molecular flexibility index (Phi) is 7.22. The Morgan fingerprint density at radius 3 is 2.40 bits per heavy atom. The number of hydrogen-bond donors (Lipinski definition) is 1. The first-order chi connectivity index (χ1) is 14.5. The highest BCUT2D eigenvalue weighted by molar-refractivity contribution is 5.97. The van der Waals surface area contributed by atoms with Crippen LogP contribution in [0.1, 0.15) is 28.4 Å². The fourth-order valence-corrected chi connectivity index (χ4v) is 3.08. The fraction of sp³-hybridized carbons (Fsp3) is 0.200. The summed E-state index contributed by atoms with van der Waals surface area (Å²) in [6.45, 7) is 2.48. The summed E-state index contributed by atoms with van der Waals surface area (Å²) in [5.74, 6) is 0.276. The van der Waals surface area contributed by atoms with Gasteiger partial charge in [-0.2, -0.15) is 0 Å². The van der Waals surface area contributed by atoms with Crippen LogP contribution in [0.5, 0.6) is 5.75 Å². The molecular formula is C25H26N2O3. The second kappa shape index (κ2) is 10.3. The smallest absolute Gasteiger partial charge is 0.262 e. The zero-order valence-electron chi connectivity index (χ0n) is 17.3. The number of nitrogens with one attached hydrogen (secondary N) is 1. The van der Waals surface area contributed by atoms with Crippen molar-refractivity contribution in [2.45, 2.75) is 19.9 Å². The molecule has 1 N–H and O–H groups in total. The van der Waals surface area contributed by atoms with Gasteiger partial charge in [0.1, 0.15) is 5.75 Å². The molecule has 30 heavy (non-hydrogen) atoms. The van der Waals surface area contributed by atoms with Crippen molar-refractivity contribution < 1.29 is 14.3 Å². The quantitative estimate of drug-likeness (QED) is 0.602. The molecule has 0 heterocycles. The van der Waals surface area contributed by atoms with Crippen LogP contribution in [0.15, 0.2) is 78.9 Å². The molecule has 154 valence electrons. The minimum absolute atomic E-state index is 0.0980. The molecule has 0 aromatic heterocycles. The van der Waals surface area contributed by atoms with Gasteiger partial charge in [0, 0.05) is 24.8 Å². The van der Waals surface area contributed by atoms with E-state index < -0.39 is 0 Å². The van der Waals surface area contributed by atoms with Crippen molar-refractivity contribution in [1.29, 1.82) is 0 Å². The van der Waals surface area contributed by atoms with Gasteiger partial charge in [-0.3, -0.25) is 9.59 Å². The number of carbonyl (C=O) groups is 2. The summed E-state index contributed by atoms with van der Waals surface area (Å²) in [6, 6.07) is 24.4. The molecule has 3 rings (SSSR count). The number of amides is 2. The molecule has 0 radical (unpaired) electrons. The van der Waals surface area contributed by atoms with Gasteiger partial charge >= 0.3 is 0 Å². The molecule has 5 nitrogen and oxygen atoms in total.